The fraction of sp³-hybridized carbons (Fsp3) is 0.400. The first-order chi connectivity index (χ1) is 11.0. The number of carbonyl (C=O) groups is 1. The van der Waals surface area contributed by atoms with Crippen LogP contribution < -0.4 is 11.1 Å². The van der Waals surface area contributed by atoms with Gasteiger partial charge in [-0.1, -0.05) is 11.6 Å². The maximum atomic E-state index is 11.1. The Morgan fingerprint density at radius 1 is 1.48 bits per heavy atom. The molecule has 2 unspecified atom stereocenters. The van der Waals surface area contributed by atoms with E-state index >= 15 is 0 Å². The average molecular weight is 399 g/mol. The maximum Gasteiger partial charge on any atom is 0.251 e. The van der Waals surface area contributed by atoms with E-state index in [0.717, 1.165) is 36.1 Å². The van der Waals surface area contributed by atoms with Crippen molar-refractivity contribution >= 4 is 39.3 Å². The molecule has 8 heteroatoms. The highest BCUT2D eigenvalue weighted by Crippen LogP contribution is 2.34. The van der Waals surface area contributed by atoms with Crippen LogP contribution in [0.4, 0.5) is 5.82 Å². The predicted octanol–water partition coefficient (Wildman–Crippen LogP) is 3.25. The summed E-state index contributed by atoms with van der Waals surface area (Å²) in [5, 5.41) is 8.22. The largest absolute Gasteiger partial charge is 0.370 e. The molecule has 0 saturated heterocycles. The number of rotatable bonds is 5. The standard InChI is InChI=1S/C15H17BrClN5O/c16-12-7-20-14(4-13(12)17)19-5-9-1-2-11(3-9)22-8-10(6-21-22)15(18)23/h4,6-9,11H,1-3,5H2,(H2,18,23)(H,19,20). The van der Waals surface area contributed by atoms with E-state index < -0.39 is 5.91 Å². The van der Waals surface area contributed by atoms with E-state index in [9.17, 15) is 4.79 Å². The van der Waals surface area contributed by atoms with Gasteiger partial charge in [0.2, 0.25) is 0 Å². The van der Waals surface area contributed by atoms with Gasteiger partial charge in [-0.3, -0.25) is 9.48 Å². The van der Waals surface area contributed by atoms with Crippen molar-refractivity contribution in [1.82, 2.24) is 14.8 Å². The number of halogens is 2. The van der Waals surface area contributed by atoms with Gasteiger partial charge < -0.3 is 11.1 Å². The van der Waals surface area contributed by atoms with Crippen LogP contribution in [0.5, 0.6) is 0 Å². The van der Waals surface area contributed by atoms with Crippen molar-refractivity contribution in [3.8, 4) is 0 Å². The van der Waals surface area contributed by atoms with Crippen LogP contribution in [0.3, 0.4) is 0 Å². The van der Waals surface area contributed by atoms with Gasteiger partial charge in [0, 0.05) is 25.0 Å². The first kappa shape index (κ1) is 16.3. The fourth-order valence-corrected chi connectivity index (χ4v) is 3.27. The Morgan fingerprint density at radius 2 is 2.30 bits per heavy atom. The van der Waals surface area contributed by atoms with Gasteiger partial charge >= 0.3 is 0 Å². The van der Waals surface area contributed by atoms with E-state index in [0.29, 0.717) is 22.5 Å². The van der Waals surface area contributed by atoms with Gasteiger partial charge in [0.1, 0.15) is 5.82 Å². The molecular formula is C15H17BrClN5O. The summed E-state index contributed by atoms with van der Waals surface area (Å²) in [6, 6.07) is 2.13. The first-order valence-electron chi connectivity index (χ1n) is 7.42. The van der Waals surface area contributed by atoms with Crippen LogP contribution in [-0.4, -0.2) is 27.2 Å². The van der Waals surface area contributed by atoms with Gasteiger partial charge in [0.15, 0.2) is 0 Å². The van der Waals surface area contributed by atoms with Gasteiger partial charge in [-0.15, -0.1) is 0 Å². The molecule has 0 spiro atoms. The Labute approximate surface area is 147 Å². The lowest BCUT2D eigenvalue weighted by atomic mass is 10.1. The molecule has 0 radical (unpaired) electrons. The van der Waals surface area contributed by atoms with Crippen molar-refractivity contribution in [3.05, 3.63) is 39.7 Å². The van der Waals surface area contributed by atoms with Crippen LogP contribution >= 0.6 is 27.5 Å². The summed E-state index contributed by atoms with van der Waals surface area (Å²) in [5.74, 6) is 0.868. The first-order valence-corrected chi connectivity index (χ1v) is 8.59. The van der Waals surface area contributed by atoms with Crippen LogP contribution in [0, 0.1) is 5.92 Å². The number of nitrogens with one attached hydrogen (secondary N) is 1. The van der Waals surface area contributed by atoms with E-state index in [1.54, 1.807) is 12.4 Å². The lowest BCUT2D eigenvalue weighted by molar-refractivity contribution is 0.1000. The molecule has 1 aliphatic carbocycles. The molecule has 1 aliphatic rings. The average Bonchev–Trinajstić information content (AvgIpc) is 3.16. The monoisotopic (exact) mass is 397 g/mol. The highest BCUT2D eigenvalue weighted by molar-refractivity contribution is 9.10. The molecule has 1 fully saturated rings. The molecule has 0 aliphatic heterocycles. The third-order valence-electron chi connectivity index (χ3n) is 4.15. The molecule has 2 atom stereocenters. The quantitative estimate of drug-likeness (QED) is 0.809. The van der Waals surface area contributed by atoms with Crippen LogP contribution in [0.1, 0.15) is 35.7 Å². The Hall–Kier alpha value is -1.60. The van der Waals surface area contributed by atoms with Gasteiger partial charge in [-0.25, -0.2) is 4.98 Å². The van der Waals surface area contributed by atoms with Gasteiger partial charge in [-0.2, -0.15) is 5.10 Å². The second-order valence-electron chi connectivity index (χ2n) is 5.77. The fourth-order valence-electron chi connectivity index (χ4n) is 2.90. The minimum atomic E-state index is -0.439. The summed E-state index contributed by atoms with van der Waals surface area (Å²) in [4.78, 5) is 15.4. The number of nitrogens with two attached hydrogens (primary N) is 1. The number of aromatic nitrogens is 3. The number of amides is 1. The molecule has 122 valence electrons. The molecule has 3 rings (SSSR count). The Kier molecular flexibility index (Phi) is 4.87. The van der Waals surface area contributed by atoms with Gasteiger partial charge in [0.05, 0.1) is 27.3 Å². The lowest BCUT2D eigenvalue weighted by Crippen LogP contribution is -2.14. The second kappa shape index (κ2) is 6.88. The molecule has 1 amide bonds. The number of hydrogen-bond donors (Lipinski definition) is 2. The number of anilines is 1. The summed E-state index contributed by atoms with van der Waals surface area (Å²) in [5.41, 5.74) is 5.72. The highest BCUT2D eigenvalue weighted by atomic mass is 79.9. The third-order valence-corrected chi connectivity index (χ3v) is 5.33. The Morgan fingerprint density at radius 3 is 3.00 bits per heavy atom. The minimum Gasteiger partial charge on any atom is -0.370 e. The van der Waals surface area contributed by atoms with Crippen molar-refractivity contribution < 1.29 is 4.79 Å². The molecule has 0 aromatic carbocycles. The summed E-state index contributed by atoms with van der Waals surface area (Å²) in [6.45, 7) is 0.839. The van der Waals surface area contributed by atoms with Crippen molar-refractivity contribution in [1.29, 1.82) is 0 Å². The van der Waals surface area contributed by atoms with Crippen LogP contribution in [0.15, 0.2) is 29.1 Å². The smallest absolute Gasteiger partial charge is 0.251 e. The summed E-state index contributed by atoms with van der Waals surface area (Å²) >= 11 is 9.39. The summed E-state index contributed by atoms with van der Waals surface area (Å²) in [7, 11) is 0. The van der Waals surface area contributed by atoms with Crippen LogP contribution in [0.25, 0.3) is 0 Å². The summed E-state index contributed by atoms with van der Waals surface area (Å²) < 4.78 is 2.64. The van der Waals surface area contributed by atoms with Crippen molar-refractivity contribution in [2.24, 2.45) is 11.7 Å². The van der Waals surface area contributed by atoms with E-state index in [2.05, 4.69) is 31.3 Å². The zero-order chi connectivity index (χ0) is 16.4. The normalized spacial score (nSPS) is 20.6. The number of pyridine rings is 1. The number of hydrogen-bond acceptors (Lipinski definition) is 4. The SMILES string of the molecule is NC(=O)c1cnn(C2CCC(CNc3cc(Cl)c(Br)cn3)C2)c1. The number of carbonyl (C=O) groups excluding carboxylic acids is 1. The topological polar surface area (TPSA) is 85.8 Å². The second-order valence-corrected chi connectivity index (χ2v) is 7.03. The molecule has 6 nitrogen and oxygen atoms in total. The maximum absolute atomic E-state index is 11.1. The molecule has 0 bridgehead atoms. The lowest BCUT2D eigenvalue weighted by Gasteiger charge is -2.13. The molecule has 23 heavy (non-hydrogen) atoms. The molecule has 2 heterocycles. The van der Waals surface area contributed by atoms with E-state index in [-0.39, 0.29) is 0 Å². The molecule has 2 aromatic rings. The molecule has 3 N–H and O–H groups in total. The predicted molar refractivity (Wildman–Crippen MR) is 92.6 cm³/mol. The number of nitrogens with zero attached hydrogens (tertiary/aromatic N) is 3. The third kappa shape index (κ3) is 3.84. The van der Waals surface area contributed by atoms with Crippen LogP contribution in [0.2, 0.25) is 5.02 Å². The van der Waals surface area contributed by atoms with Gasteiger partial charge in [-0.05, 0) is 41.1 Å². The van der Waals surface area contributed by atoms with Crippen molar-refractivity contribution in [2.75, 3.05) is 11.9 Å². The van der Waals surface area contributed by atoms with Gasteiger partial charge in [0.25, 0.3) is 5.91 Å². The summed E-state index contributed by atoms with van der Waals surface area (Å²) in [6.07, 6.45) is 8.11. The minimum absolute atomic E-state index is 0.316. The molecule has 1 saturated carbocycles. The zero-order valence-corrected chi connectivity index (χ0v) is 14.7. The van der Waals surface area contributed by atoms with E-state index in [1.165, 1.54) is 6.20 Å². The van der Waals surface area contributed by atoms with Crippen molar-refractivity contribution in [3.63, 3.8) is 0 Å². The Bertz CT molecular complexity index is 720. The zero-order valence-electron chi connectivity index (χ0n) is 12.4. The highest BCUT2D eigenvalue weighted by Gasteiger charge is 2.26. The van der Waals surface area contributed by atoms with E-state index in [4.69, 9.17) is 17.3 Å². The number of primary amides is 1. The van der Waals surface area contributed by atoms with Crippen molar-refractivity contribution in [2.45, 2.75) is 25.3 Å². The van der Waals surface area contributed by atoms with E-state index in [1.807, 2.05) is 10.7 Å². The molecular weight excluding hydrogens is 382 g/mol. The Balaban J connectivity index is 1.55. The van der Waals surface area contributed by atoms with Crippen LogP contribution in [-0.2, 0) is 0 Å². The molecule has 2 aromatic heterocycles.